The third-order valence-electron chi connectivity index (χ3n) is 24.1. The molecule has 0 aliphatic carbocycles. The molecule has 6 heterocycles. The Morgan fingerprint density at radius 3 is 0.806 bits per heavy atom. The highest BCUT2D eigenvalue weighted by atomic mass is 16.5. The summed E-state index contributed by atoms with van der Waals surface area (Å²) in [6.07, 6.45) is 0. The largest absolute Gasteiger partial charge is 0.458 e. The minimum atomic E-state index is -0.333. The lowest BCUT2D eigenvalue weighted by atomic mass is 9.29. The highest BCUT2D eigenvalue weighted by Crippen LogP contribution is 2.53. The van der Waals surface area contributed by atoms with Crippen LogP contribution < -0.4 is 77.9 Å². The lowest BCUT2D eigenvalue weighted by Gasteiger charge is -2.47. The minimum Gasteiger partial charge on any atom is -0.458 e. The van der Waals surface area contributed by atoms with Crippen LogP contribution in [0, 0.1) is 104 Å². The maximum Gasteiger partial charge on any atom is 0.260 e. The summed E-state index contributed by atoms with van der Waals surface area (Å²) in [5, 5.41) is 0. The van der Waals surface area contributed by atoms with Crippen molar-refractivity contribution in [2.45, 2.75) is 104 Å². The number of anilines is 6. The molecule has 0 bridgehead atoms. The zero-order valence-corrected chi connectivity index (χ0v) is 64.0. The quantitative estimate of drug-likeness (QED) is 0.148. The van der Waals surface area contributed by atoms with Gasteiger partial charge in [0.25, 0.3) is 20.1 Å². The van der Waals surface area contributed by atoms with E-state index >= 15 is 0 Å². The Hall–Kier alpha value is -11.9. The van der Waals surface area contributed by atoms with E-state index in [-0.39, 0.29) is 20.1 Å². The first-order valence-electron chi connectivity index (χ1n) is 38.2. The molecule has 0 saturated carbocycles. The minimum absolute atomic E-state index is 0.264. The molecule has 9 heteroatoms. The van der Waals surface area contributed by atoms with Gasteiger partial charge in [0.1, 0.15) is 46.0 Å². The van der Waals surface area contributed by atoms with E-state index in [2.05, 4.69) is 332 Å². The van der Waals surface area contributed by atoms with Crippen LogP contribution in [0.4, 0.5) is 34.1 Å². The van der Waals surface area contributed by atoms with Crippen LogP contribution in [0.1, 0.15) is 83.5 Å². The maximum atomic E-state index is 7.77. The molecule has 0 spiro atoms. The van der Waals surface area contributed by atoms with E-state index in [4.69, 9.17) is 18.9 Å². The van der Waals surface area contributed by atoms with Gasteiger partial charge in [-0.1, -0.05) is 186 Å². The number of hydrogen-bond donors (Lipinski definition) is 0. The van der Waals surface area contributed by atoms with Crippen LogP contribution in [-0.4, -0.2) is 20.1 Å². The summed E-state index contributed by atoms with van der Waals surface area (Å²) in [5.74, 6) is 6.53. The molecule has 0 N–H and O–H groups in total. The predicted octanol–water partition coefficient (Wildman–Crippen LogP) is 20.2. The molecule has 0 amide bonds. The van der Waals surface area contributed by atoms with Crippen LogP contribution in [0.5, 0.6) is 46.0 Å². The normalized spacial score (nSPS) is 13.3. The lowest BCUT2D eigenvalue weighted by molar-refractivity contribution is 0.464. The Bertz CT molecular complexity index is 5890. The Balaban J connectivity index is 0.905. The van der Waals surface area contributed by atoms with Crippen molar-refractivity contribution in [1.29, 1.82) is 0 Å². The van der Waals surface area contributed by atoms with Gasteiger partial charge in [0, 0.05) is 45.8 Å². The van der Waals surface area contributed by atoms with Gasteiger partial charge >= 0.3 is 0 Å². The fourth-order valence-electron chi connectivity index (χ4n) is 20.5. The molecule has 0 radical (unpaired) electrons. The van der Waals surface area contributed by atoms with E-state index < -0.39 is 0 Å². The van der Waals surface area contributed by atoms with Gasteiger partial charge in [0.2, 0.25) is 0 Å². The average Bonchev–Trinajstić information content (AvgIpc) is 0.682. The van der Waals surface area contributed by atoms with E-state index in [1.165, 1.54) is 117 Å². The second kappa shape index (κ2) is 24.0. The van der Waals surface area contributed by atoms with Crippen LogP contribution in [0.3, 0.4) is 0 Å². The van der Waals surface area contributed by atoms with E-state index in [1.807, 2.05) is 0 Å². The summed E-state index contributed by atoms with van der Waals surface area (Å²) in [4.78, 5) is 5.27. The first kappa shape index (κ1) is 65.6. The van der Waals surface area contributed by atoms with E-state index in [0.29, 0.717) is 0 Å². The number of ether oxygens (including phenoxy) is 4. The Kier molecular flexibility index (Phi) is 14.6. The van der Waals surface area contributed by atoms with Gasteiger partial charge in [-0.2, -0.15) is 0 Å². The lowest BCUT2D eigenvalue weighted by Crippen LogP contribution is -2.65. The molecule has 0 fully saturated rings. The highest BCUT2D eigenvalue weighted by Gasteiger charge is 2.51. The third kappa shape index (κ3) is 9.96. The standard InChI is InChI=1S/C99H81B3N2O4/c1-52-30-57(6)92(58(7)31-52)71-40-82-95-83(41-71)104(99-65(14)38-56(5)39-66(99)15)81-51-87-79(101-75-29-27-70(68-24-20-17-21-25-68)43-85(75)106-89-45-73(47-91(108-87)97(89)101)94-61(10)34-54(3)35-62(94)11)49-77(81)102(95)76-48-78-86(50-80(76)103(82)98-63(12)36-55(4)37-64(98)13)107-90-46-72(93-59(8)32-53(2)33-60(93)9)44-88-96(90)100(78)74-28-26-69(42-84(74)105-88)67-22-18-16-19-23-67/h16-51H,1-15H3. The van der Waals surface area contributed by atoms with Crippen molar-refractivity contribution in [3.8, 4) is 102 Å². The van der Waals surface area contributed by atoms with Crippen molar-refractivity contribution in [3.63, 3.8) is 0 Å². The summed E-state index contributed by atoms with van der Waals surface area (Å²) in [6, 6.07) is 82.6. The van der Waals surface area contributed by atoms with Crippen molar-refractivity contribution in [3.05, 3.63) is 302 Å². The van der Waals surface area contributed by atoms with Crippen molar-refractivity contribution >= 4 is 103 Å². The first-order chi connectivity index (χ1) is 52.2. The van der Waals surface area contributed by atoms with Crippen LogP contribution in [0.25, 0.3) is 55.6 Å². The molecule has 0 unspecified atom stereocenters. The van der Waals surface area contributed by atoms with Gasteiger partial charge in [-0.05, 0) is 302 Å². The Morgan fingerprint density at radius 1 is 0.204 bits per heavy atom. The van der Waals surface area contributed by atoms with Gasteiger partial charge in [0.15, 0.2) is 0 Å². The Labute approximate surface area is 635 Å². The smallest absolute Gasteiger partial charge is 0.260 e. The number of benzene rings is 14. The second-order valence-electron chi connectivity index (χ2n) is 32.0. The molecule has 0 atom stereocenters. The molecule has 20 rings (SSSR count). The van der Waals surface area contributed by atoms with Crippen molar-refractivity contribution in [1.82, 2.24) is 0 Å². The van der Waals surface area contributed by atoms with E-state index in [1.54, 1.807) is 0 Å². The summed E-state index contributed by atoms with van der Waals surface area (Å²) in [6.45, 7) is 32.9. The first-order valence-corrected chi connectivity index (χ1v) is 38.2. The van der Waals surface area contributed by atoms with Crippen LogP contribution in [0.15, 0.2) is 218 Å². The van der Waals surface area contributed by atoms with Gasteiger partial charge in [-0.3, -0.25) is 0 Å². The van der Waals surface area contributed by atoms with E-state index in [9.17, 15) is 0 Å². The molecule has 108 heavy (non-hydrogen) atoms. The zero-order chi connectivity index (χ0) is 73.9. The summed E-state index contributed by atoms with van der Waals surface area (Å²) in [5.41, 5.74) is 46.4. The molecular weight excluding hydrogens is 1310 g/mol. The predicted molar refractivity (Wildman–Crippen MR) is 454 cm³/mol. The highest BCUT2D eigenvalue weighted by molar-refractivity contribution is 7.03. The number of fused-ring (bicyclic) bond motifs is 12. The SMILES string of the molecule is Cc1cc(C)c(-c2cc3c4c(c2)Oc2cc5c(cc2B4c2ccc(-c4ccccc4)cc2O3)B2c3cc4c(cc3N(c3c(C)cc(C)cc3C)c3cc(-c6c(C)cc(C)cc6C)cc(c32)N5c2c(C)cc(C)cc2C)Oc2cc(-c3c(C)cc(C)cc3C)cc3c2B4c2ccc(-c4ccccc4)cc2O3)c(C)c1. The molecule has 0 aromatic heterocycles. The molecule has 14 aromatic rings. The second-order valence-corrected chi connectivity index (χ2v) is 32.0. The fraction of sp³-hybridized carbons (Fsp3) is 0.152. The molecule has 6 aliphatic heterocycles. The molecule has 6 nitrogen and oxygen atoms in total. The van der Waals surface area contributed by atoms with Crippen molar-refractivity contribution in [2.75, 3.05) is 9.80 Å². The third-order valence-corrected chi connectivity index (χ3v) is 24.1. The molecule has 520 valence electrons. The molecule has 0 saturated heterocycles. The Morgan fingerprint density at radius 2 is 0.481 bits per heavy atom. The van der Waals surface area contributed by atoms with Crippen LogP contribution >= 0.6 is 0 Å². The maximum absolute atomic E-state index is 7.77. The van der Waals surface area contributed by atoms with E-state index in [0.717, 1.165) is 152 Å². The number of aryl methyl sites for hydroxylation is 15. The van der Waals surface area contributed by atoms with Gasteiger partial charge in [0.05, 0.1) is 11.4 Å². The molecule has 14 aromatic carbocycles. The fourth-order valence-corrected chi connectivity index (χ4v) is 20.5. The average molecular weight is 1400 g/mol. The van der Waals surface area contributed by atoms with Crippen LogP contribution in [0.2, 0.25) is 0 Å². The van der Waals surface area contributed by atoms with Gasteiger partial charge in [-0.15, -0.1) is 0 Å². The molecule has 6 aliphatic rings. The number of rotatable bonds is 7. The number of hydrogen-bond acceptors (Lipinski definition) is 6. The van der Waals surface area contributed by atoms with Gasteiger partial charge in [-0.25, -0.2) is 0 Å². The monoisotopic (exact) mass is 1390 g/mol. The topological polar surface area (TPSA) is 43.4 Å². The van der Waals surface area contributed by atoms with Crippen molar-refractivity contribution < 1.29 is 18.9 Å². The van der Waals surface area contributed by atoms with Crippen molar-refractivity contribution in [2.24, 2.45) is 0 Å². The summed E-state index contributed by atoms with van der Waals surface area (Å²) >= 11 is 0. The zero-order valence-electron chi connectivity index (χ0n) is 64.0. The summed E-state index contributed by atoms with van der Waals surface area (Å²) in [7, 11) is 0. The van der Waals surface area contributed by atoms with Gasteiger partial charge < -0.3 is 28.7 Å². The van der Waals surface area contributed by atoms with Crippen LogP contribution in [-0.2, 0) is 0 Å². The number of nitrogens with zero attached hydrogens (tertiary/aromatic N) is 2. The molecular formula is C99H81B3N2O4. The summed E-state index contributed by atoms with van der Waals surface area (Å²) < 4.78 is 30.3.